The summed E-state index contributed by atoms with van der Waals surface area (Å²) < 4.78 is 17.1. The van der Waals surface area contributed by atoms with E-state index in [-0.39, 0.29) is 12.1 Å². The molecule has 1 aromatic carbocycles. The highest BCUT2D eigenvalue weighted by Crippen LogP contribution is 2.41. The van der Waals surface area contributed by atoms with Crippen LogP contribution in [-0.4, -0.2) is 31.1 Å². The minimum absolute atomic E-state index is 0.266. The van der Waals surface area contributed by atoms with Gasteiger partial charge in [-0.05, 0) is 18.4 Å². The summed E-state index contributed by atoms with van der Waals surface area (Å²) in [5.41, 5.74) is 1.15. The summed E-state index contributed by atoms with van der Waals surface area (Å²) in [5.74, 6) is -0.908. The fourth-order valence-electron chi connectivity index (χ4n) is 3.31. The lowest BCUT2D eigenvalue weighted by atomic mass is 9.94. The molecule has 1 spiro atoms. The van der Waals surface area contributed by atoms with Crippen LogP contribution in [0.4, 0.5) is 0 Å². The van der Waals surface area contributed by atoms with Crippen LogP contribution >= 0.6 is 0 Å². The molecule has 21 heavy (non-hydrogen) atoms. The molecule has 0 N–H and O–H groups in total. The van der Waals surface area contributed by atoms with Crippen molar-refractivity contribution in [1.29, 1.82) is 0 Å². The molecule has 3 rings (SSSR count). The number of esters is 1. The largest absolute Gasteiger partial charge is 0.467 e. The summed E-state index contributed by atoms with van der Waals surface area (Å²) in [6, 6.07) is 10.1. The summed E-state index contributed by atoms with van der Waals surface area (Å²) in [6.45, 7) is 0. The zero-order valence-electron chi connectivity index (χ0n) is 12.4. The van der Waals surface area contributed by atoms with Gasteiger partial charge in [0, 0.05) is 19.3 Å². The Balaban J connectivity index is 1.77. The first-order chi connectivity index (χ1) is 10.2. The summed E-state index contributed by atoms with van der Waals surface area (Å²) in [5, 5.41) is 0. The van der Waals surface area contributed by atoms with Gasteiger partial charge in [0.05, 0.1) is 7.11 Å². The maximum Gasteiger partial charge on any atom is 0.337 e. The molecule has 1 aliphatic heterocycles. The number of methoxy groups -OCH3 is 1. The molecule has 1 saturated heterocycles. The van der Waals surface area contributed by atoms with Gasteiger partial charge in [0.2, 0.25) is 0 Å². The van der Waals surface area contributed by atoms with Gasteiger partial charge in [0.1, 0.15) is 6.10 Å². The predicted molar refractivity (Wildman–Crippen MR) is 77.7 cm³/mol. The number of ether oxygens (including phenoxy) is 3. The molecule has 0 aromatic heterocycles. The molecule has 1 aromatic rings. The van der Waals surface area contributed by atoms with Gasteiger partial charge in [-0.25, -0.2) is 4.79 Å². The van der Waals surface area contributed by atoms with Gasteiger partial charge in [-0.2, -0.15) is 0 Å². The Kier molecular flexibility index (Phi) is 4.27. The van der Waals surface area contributed by atoms with Crippen LogP contribution in [0.1, 0.15) is 37.7 Å². The fraction of sp³-hybridized carbons (Fsp3) is 0.588. The van der Waals surface area contributed by atoms with Crippen LogP contribution in [0.5, 0.6) is 0 Å². The number of hydrogen-bond donors (Lipinski definition) is 0. The van der Waals surface area contributed by atoms with Crippen LogP contribution in [0, 0.1) is 0 Å². The van der Waals surface area contributed by atoms with E-state index in [1.54, 1.807) is 0 Å². The quantitative estimate of drug-likeness (QED) is 0.803. The van der Waals surface area contributed by atoms with Crippen molar-refractivity contribution in [2.45, 2.75) is 56.5 Å². The molecule has 1 heterocycles. The zero-order valence-corrected chi connectivity index (χ0v) is 12.4. The maximum atomic E-state index is 12.0. The second-order valence-electron chi connectivity index (χ2n) is 5.88. The molecular formula is C17H22O4. The van der Waals surface area contributed by atoms with E-state index in [1.807, 2.05) is 30.3 Å². The Morgan fingerprint density at radius 1 is 1.19 bits per heavy atom. The summed E-state index contributed by atoms with van der Waals surface area (Å²) in [7, 11) is 1.40. The lowest BCUT2D eigenvalue weighted by Crippen LogP contribution is -2.35. The van der Waals surface area contributed by atoms with Crippen molar-refractivity contribution >= 4 is 5.97 Å². The topological polar surface area (TPSA) is 44.8 Å². The van der Waals surface area contributed by atoms with Crippen molar-refractivity contribution < 1.29 is 19.0 Å². The van der Waals surface area contributed by atoms with Crippen LogP contribution in [0.3, 0.4) is 0 Å². The van der Waals surface area contributed by atoms with Gasteiger partial charge in [0.25, 0.3) is 0 Å². The molecule has 0 radical (unpaired) electrons. The van der Waals surface area contributed by atoms with Gasteiger partial charge in [0.15, 0.2) is 11.9 Å². The van der Waals surface area contributed by atoms with Gasteiger partial charge < -0.3 is 14.2 Å². The smallest absolute Gasteiger partial charge is 0.337 e. The predicted octanol–water partition coefficient (Wildman–Crippen LogP) is 2.85. The molecule has 2 unspecified atom stereocenters. The molecule has 2 aliphatic rings. The number of carbonyl (C=O) groups is 1. The molecule has 2 atom stereocenters. The standard InChI is InChI=1S/C17H22O4/c1-19-16(18)15-14(12-13-8-4-2-5-9-13)20-17(21-15)10-6-3-7-11-17/h2,4-5,8-9,14-15H,3,6-7,10-12H2,1H3. The lowest BCUT2D eigenvalue weighted by Gasteiger charge is -2.31. The minimum atomic E-state index is -0.617. The van der Waals surface area contributed by atoms with E-state index < -0.39 is 11.9 Å². The van der Waals surface area contributed by atoms with Crippen LogP contribution < -0.4 is 0 Å². The third-order valence-corrected chi connectivity index (χ3v) is 4.37. The van der Waals surface area contributed by atoms with Crippen LogP contribution in [0.15, 0.2) is 30.3 Å². The lowest BCUT2D eigenvalue weighted by molar-refractivity contribution is -0.199. The summed E-state index contributed by atoms with van der Waals surface area (Å²) in [4.78, 5) is 12.0. The van der Waals surface area contributed by atoms with Crippen molar-refractivity contribution in [3.05, 3.63) is 35.9 Å². The first-order valence-corrected chi connectivity index (χ1v) is 7.70. The zero-order chi connectivity index (χ0) is 14.7. The Bertz CT molecular complexity index is 479. The maximum absolute atomic E-state index is 12.0. The summed E-state index contributed by atoms with van der Waals surface area (Å²) >= 11 is 0. The Hall–Kier alpha value is -1.39. The first-order valence-electron chi connectivity index (χ1n) is 7.70. The third-order valence-electron chi connectivity index (χ3n) is 4.37. The molecule has 1 aliphatic carbocycles. The van der Waals surface area contributed by atoms with Crippen molar-refractivity contribution in [3.63, 3.8) is 0 Å². The fourth-order valence-corrected chi connectivity index (χ4v) is 3.31. The van der Waals surface area contributed by atoms with E-state index in [0.717, 1.165) is 31.2 Å². The van der Waals surface area contributed by atoms with Crippen molar-refractivity contribution in [2.24, 2.45) is 0 Å². The number of benzene rings is 1. The molecular weight excluding hydrogens is 268 g/mol. The second kappa shape index (κ2) is 6.16. The average molecular weight is 290 g/mol. The number of hydrogen-bond acceptors (Lipinski definition) is 4. The van der Waals surface area contributed by atoms with Crippen LogP contribution in [-0.2, 0) is 25.4 Å². The van der Waals surface area contributed by atoms with E-state index in [4.69, 9.17) is 14.2 Å². The van der Waals surface area contributed by atoms with Crippen LogP contribution in [0.2, 0.25) is 0 Å². The van der Waals surface area contributed by atoms with E-state index in [0.29, 0.717) is 6.42 Å². The second-order valence-corrected chi connectivity index (χ2v) is 5.88. The van der Waals surface area contributed by atoms with Gasteiger partial charge >= 0.3 is 5.97 Å². The average Bonchev–Trinajstić information content (AvgIpc) is 2.86. The first kappa shape index (κ1) is 14.5. The number of rotatable bonds is 3. The van der Waals surface area contributed by atoms with Crippen molar-refractivity contribution in [1.82, 2.24) is 0 Å². The molecule has 114 valence electrons. The highest BCUT2D eigenvalue weighted by molar-refractivity contribution is 5.75. The SMILES string of the molecule is COC(=O)C1OC2(CCCCC2)OC1Cc1ccccc1. The Morgan fingerprint density at radius 2 is 1.90 bits per heavy atom. The molecule has 1 saturated carbocycles. The van der Waals surface area contributed by atoms with Crippen molar-refractivity contribution in [3.8, 4) is 0 Å². The number of carbonyl (C=O) groups excluding carboxylic acids is 1. The molecule has 4 nitrogen and oxygen atoms in total. The van der Waals surface area contributed by atoms with Crippen molar-refractivity contribution in [2.75, 3.05) is 7.11 Å². The van der Waals surface area contributed by atoms with Gasteiger partial charge in [-0.3, -0.25) is 0 Å². The van der Waals surface area contributed by atoms with Crippen LogP contribution in [0.25, 0.3) is 0 Å². The van der Waals surface area contributed by atoms with E-state index in [2.05, 4.69) is 0 Å². The van der Waals surface area contributed by atoms with E-state index >= 15 is 0 Å². The Labute approximate surface area is 125 Å². The normalized spacial score (nSPS) is 27.7. The van der Waals surface area contributed by atoms with E-state index in [9.17, 15) is 4.79 Å². The molecule has 0 bridgehead atoms. The highest BCUT2D eigenvalue weighted by atomic mass is 16.8. The minimum Gasteiger partial charge on any atom is -0.467 e. The summed E-state index contributed by atoms with van der Waals surface area (Å²) in [6.07, 6.45) is 4.91. The van der Waals surface area contributed by atoms with Gasteiger partial charge in [-0.15, -0.1) is 0 Å². The Morgan fingerprint density at radius 3 is 2.57 bits per heavy atom. The molecule has 0 amide bonds. The van der Waals surface area contributed by atoms with Gasteiger partial charge in [-0.1, -0.05) is 36.8 Å². The molecule has 4 heteroatoms. The highest BCUT2D eigenvalue weighted by Gasteiger charge is 2.51. The third kappa shape index (κ3) is 3.11. The van der Waals surface area contributed by atoms with E-state index in [1.165, 1.54) is 13.5 Å². The monoisotopic (exact) mass is 290 g/mol. The molecule has 2 fully saturated rings.